The van der Waals surface area contributed by atoms with Crippen LogP contribution in [0.25, 0.3) is 22.3 Å². The fourth-order valence-electron chi connectivity index (χ4n) is 7.36. The molecule has 278 valence electrons. The van der Waals surface area contributed by atoms with Crippen LogP contribution in [0.4, 0.5) is 10.6 Å². The van der Waals surface area contributed by atoms with Gasteiger partial charge in [-0.3, -0.25) is 9.36 Å². The first-order valence-electron chi connectivity index (χ1n) is 17.6. The topological polar surface area (TPSA) is 176 Å². The van der Waals surface area contributed by atoms with Crippen molar-refractivity contribution in [3.8, 4) is 11.1 Å². The molecule has 2 fully saturated rings. The van der Waals surface area contributed by atoms with Gasteiger partial charge in [0.1, 0.15) is 31.2 Å². The molecule has 3 N–H and O–H groups in total. The quantitative estimate of drug-likeness (QED) is 0.135. The van der Waals surface area contributed by atoms with Gasteiger partial charge in [-0.15, -0.1) is 0 Å². The maximum atomic E-state index is 12.9. The van der Waals surface area contributed by atoms with Gasteiger partial charge >= 0.3 is 12.1 Å². The van der Waals surface area contributed by atoms with Gasteiger partial charge in [0, 0.05) is 17.2 Å². The van der Waals surface area contributed by atoms with E-state index in [1.54, 1.807) is 35.2 Å². The highest BCUT2D eigenvalue weighted by Crippen LogP contribution is 2.46. The number of hydrogen-bond donors (Lipinski definition) is 3. The van der Waals surface area contributed by atoms with Crippen molar-refractivity contribution in [2.24, 2.45) is 0 Å². The van der Waals surface area contributed by atoms with E-state index in [9.17, 15) is 19.5 Å². The SMILES string of the molecule is CC1(C)O[C@@H]2[C@H](O1)[C@@H](CSCC[C@H](NC(=O)OCC1c3ccccc3-c3ccccc31)C(=O)O)O[C@H]2n1cnc2c(NC(=O)c3ccccc3)ncnc21. The summed E-state index contributed by atoms with van der Waals surface area (Å²) in [6.45, 7) is 3.76. The summed E-state index contributed by atoms with van der Waals surface area (Å²) in [6.07, 6.45) is 0.325. The van der Waals surface area contributed by atoms with Crippen LogP contribution >= 0.6 is 11.8 Å². The number of aromatic nitrogens is 4. The van der Waals surface area contributed by atoms with Gasteiger partial charge in [-0.05, 0) is 60.4 Å². The van der Waals surface area contributed by atoms with Crippen molar-refractivity contribution in [1.82, 2.24) is 24.8 Å². The summed E-state index contributed by atoms with van der Waals surface area (Å²) in [7, 11) is 0. The van der Waals surface area contributed by atoms with Crippen LogP contribution in [0.2, 0.25) is 0 Å². The number of rotatable bonds is 12. The highest BCUT2D eigenvalue weighted by Gasteiger charge is 2.56. The van der Waals surface area contributed by atoms with Crippen molar-refractivity contribution in [2.45, 2.75) is 62.6 Å². The molecule has 2 aromatic heterocycles. The lowest BCUT2D eigenvalue weighted by Gasteiger charge is -2.24. The van der Waals surface area contributed by atoms with Crippen molar-refractivity contribution in [1.29, 1.82) is 0 Å². The summed E-state index contributed by atoms with van der Waals surface area (Å²) in [5.74, 6) is -1.34. The normalized spacial score (nSPS) is 21.6. The smallest absolute Gasteiger partial charge is 0.407 e. The first-order chi connectivity index (χ1) is 26.2. The van der Waals surface area contributed by atoms with E-state index < -0.39 is 48.4 Å². The minimum Gasteiger partial charge on any atom is -0.480 e. The van der Waals surface area contributed by atoms with E-state index in [0.717, 1.165) is 22.3 Å². The standard InChI is InChI=1S/C39H38N6O8S/c1-39(2)52-31-29(51-36(32(31)53-39)45-21-42-30-33(40-20-41-34(30)45)44-35(46)22-10-4-3-5-11-22)19-54-17-16-28(37(47)48)43-38(49)50-18-27-25-14-8-6-12-23(25)24-13-7-9-15-26(24)27/h3-15,20-21,27-29,31-32,36H,16-19H2,1-2H3,(H,43,49)(H,47,48)(H,40,41,44,46)/t28-,29+,31+,32+,36+/m0/s1. The molecule has 14 nitrogen and oxygen atoms in total. The van der Waals surface area contributed by atoms with Gasteiger partial charge in [-0.2, -0.15) is 11.8 Å². The number of thioether (sulfide) groups is 1. The number of anilines is 1. The Bertz CT molecular complexity index is 2150. The Labute approximate surface area is 314 Å². The summed E-state index contributed by atoms with van der Waals surface area (Å²) in [5, 5.41) is 15.3. The lowest BCUT2D eigenvalue weighted by molar-refractivity contribution is -0.193. The van der Waals surface area contributed by atoms with E-state index in [-0.39, 0.29) is 30.7 Å². The summed E-state index contributed by atoms with van der Waals surface area (Å²) in [6, 6.07) is 23.7. The summed E-state index contributed by atoms with van der Waals surface area (Å²) < 4.78 is 26.4. The molecule has 5 aromatic rings. The van der Waals surface area contributed by atoms with Crippen LogP contribution in [0.1, 0.15) is 53.9 Å². The molecule has 54 heavy (non-hydrogen) atoms. The Balaban J connectivity index is 0.880. The van der Waals surface area contributed by atoms with Crippen molar-refractivity contribution < 1.29 is 38.4 Å². The number of carboxylic acid groups (broad SMARTS) is 1. The molecule has 4 heterocycles. The second kappa shape index (κ2) is 14.8. The zero-order valence-electron chi connectivity index (χ0n) is 29.5. The molecule has 5 atom stereocenters. The number of imidazole rings is 1. The van der Waals surface area contributed by atoms with E-state index in [4.69, 9.17) is 18.9 Å². The number of carbonyl (C=O) groups excluding carboxylic acids is 2. The number of ether oxygens (including phenoxy) is 4. The van der Waals surface area contributed by atoms with E-state index in [1.807, 2.05) is 56.3 Å². The summed E-state index contributed by atoms with van der Waals surface area (Å²) in [5.41, 5.74) is 5.67. The average Bonchev–Trinajstić information content (AvgIpc) is 3.91. The Morgan fingerprint density at radius 2 is 1.61 bits per heavy atom. The molecule has 2 aliphatic heterocycles. The van der Waals surface area contributed by atoms with Crippen LogP contribution in [0.3, 0.4) is 0 Å². The highest BCUT2D eigenvalue weighted by atomic mass is 32.2. The van der Waals surface area contributed by atoms with Gasteiger partial charge in [0.2, 0.25) is 0 Å². The van der Waals surface area contributed by atoms with Crippen molar-refractivity contribution in [3.05, 3.63) is 108 Å². The summed E-state index contributed by atoms with van der Waals surface area (Å²) >= 11 is 1.49. The molecule has 0 spiro atoms. The lowest BCUT2D eigenvalue weighted by atomic mass is 9.98. The van der Waals surface area contributed by atoms with E-state index >= 15 is 0 Å². The average molecular weight is 751 g/mol. The fourth-order valence-corrected chi connectivity index (χ4v) is 8.43. The predicted molar refractivity (Wildman–Crippen MR) is 199 cm³/mol. The number of nitrogens with zero attached hydrogens (tertiary/aromatic N) is 4. The maximum absolute atomic E-state index is 12.9. The third kappa shape index (κ3) is 7.02. The number of alkyl carbamates (subject to hydrolysis) is 1. The molecule has 2 amide bonds. The van der Waals surface area contributed by atoms with E-state index in [1.165, 1.54) is 18.1 Å². The first-order valence-corrected chi connectivity index (χ1v) is 18.8. The van der Waals surface area contributed by atoms with Crippen LogP contribution in [0, 0.1) is 0 Å². The molecule has 8 rings (SSSR count). The number of carboxylic acids is 1. The number of benzene rings is 3. The van der Waals surface area contributed by atoms with E-state index in [2.05, 4.69) is 37.7 Å². The molecule has 15 heteroatoms. The van der Waals surface area contributed by atoms with Crippen molar-refractivity contribution in [2.75, 3.05) is 23.4 Å². The Kier molecular flexibility index (Phi) is 9.79. The molecule has 3 aliphatic rings. The van der Waals surface area contributed by atoms with E-state index in [0.29, 0.717) is 28.2 Å². The number of nitrogens with one attached hydrogen (secondary N) is 2. The first kappa shape index (κ1) is 35.7. The Morgan fingerprint density at radius 1 is 0.926 bits per heavy atom. The monoisotopic (exact) mass is 750 g/mol. The molecular weight excluding hydrogens is 713 g/mol. The number of carbonyl (C=O) groups is 3. The summed E-state index contributed by atoms with van der Waals surface area (Å²) in [4.78, 5) is 51.1. The van der Waals surface area contributed by atoms with Gasteiger partial charge in [0.15, 0.2) is 29.0 Å². The van der Waals surface area contributed by atoms with Crippen LogP contribution in [0.5, 0.6) is 0 Å². The van der Waals surface area contributed by atoms with Gasteiger partial charge in [-0.25, -0.2) is 24.5 Å². The zero-order valence-corrected chi connectivity index (χ0v) is 30.3. The third-order valence-electron chi connectivity index (χ3n) is 9.79. The molecule has 0 bridgehead atoms. The van der Waals surface area contributed by atoms with Crippen LogP contribution < -0.4 is 10.6 Å². The molecule has 0 saturated carbocycles. The maximum Gasteiger partial charge on any atom is 0.407 e. The molecule has 2 saturated heterocycles. The van der Waals surface area contributed by atoms with Gasteiger partial charge in [0.05, 0.1) is 12.4 Å². The second-order valence-corrected chi connectivity index (χ2v) is 14.9. The number of fused-ring (bicyclic) bond motifs is 5. The van der Waals surface area contributed by atoms with Gasteiger partial charge in [-0.1, -0.05) is 66.7 Å². The fraction of sp³-hybridized carbons (Fsp3) is 0.333. The van der Waals surface area contributed by atoms with Crippen molar-refractivity contribution in [3.63, 3.8) is 0 Å². The van der Waals surface area contributed by atoms with Crippen LogP contribution in [-0.4, -0.2) is 90.8 Å². The van der Waals surface area contributed by atoms with Gasteiger partial charge < -0.3 is 34.7 Å². The Hall–Kier alpha value is -5.35. The largest absolute Gasteiger partial charge is 0.480 e. The number of aliphatic carboxylic acids is 1. The predicted octanol–water partition coefficient (Wildman–Crippen LogP) is 5.61. The zero-order chi connectivity index (χ0) is 37.4. The van der Waals surface area contributed by atoms with Crippen molar-refractivity contribution >= 4 is 46.7 Å². The third-order valence-corrected chi connectivity index (χ3v) is 10.9. The number of amides is 2. The minimum atomic E-state index is -1.15. The highest BCUT2D eigenvalue weighted by molar-refractivity contribution is 7.99. The number of hydrogen-bond acceptors (Lipinski definition) is 11. The van der Waals surface area contributed by atoms with Crippen LogP contribution in [-0.2, 0) is 23.7 Å². The molecule has 3 aromatic carbocycles. The lowest BCUT2D eigenvalue weighted by Crippen LogP contribution is -2.42. The van der Waals surface area contributed by atoms with Gasteiger partial charge in [0.25, 0.3) is 5.91 Å². The molecular formula is C39H38N6O8S. The minimum absolute atomic E-state index is 0.0873. The molecule has 1 aliphatic carbocycles. The Morgan fingerprint density at radius 3 is 2.33 bits per heavy atom. The molecule has 0 radical (unpaired) electrons. The molecule has 0 unspecified atom stereocenters. The van der Waals surface area contributed by atoms with Crippen LogP contribution in [0.15, 0.2) is 91.5 Å². The second-order valence-electron chi connectivity index (χ2n) is 13.7.